The SMILES string of the molecule is C[C@@H](Sc1nncs1)C(=O)N[C@@H](c1ccc(Cl)cc1)C1CC1. The van der Waals surface area contributed by atoms with Crippen molar-refractivity contribution in [3.05, 3.63) is 40.4 Å². The molecule has 4 nitrogen and oxygen atoms in total. The maximum absolute atomic E-state index is 12.5. The predicted molar refractivity (Wildman–Crippen MR) is 90.3 cm³/mol. The molecule has 1 aromatic carbocycles. The van der Waals surface area contributed by atoms with Crippen molar-refractivity contribution in [3.63, 3.8) is 0 Å². The molecule has 1 aromatic heterocycles. The summed E-state index contributed by atoms with van der Waals surface area (Å²) in [5.74, 6) is 0.566. The van der Waals surface area contributed by atoms with Gasteiger partial charge >= 0.3 is 0 Å². The van der Waals surface area contributed by atoms with Crippen LogP contribution < -0.4 is 5.32 Å². The van der Waals surface area contributed by atoms with Crippen LogP contribution in [0.2, 0.25) is 5.02 Å². The zero-order chi connectivity index (χ0) is 15.5. The number of benzene rings is 1. The molecule has 0 unspecified atom stereocenters. The van der Waals surface area contributed by atoms with Gasteiger partial charge in [0.05, 0.1) is 11.3 Å². The van der Waals surface area contributed by atoms with Crippen LogP contribution >= 0.6 is 34.7 Å². The van der Waals surface area contributed by atoms with Gasteiger partial charge in [0, 0.05) is 5.02 Å². The van der Waals surface area contributed by atoms with E-state index in [0.29, 0.717) is 10.9 Å². The molecule has 1 N–H and O–H groups in total. The standard InChI is InChI=1S/C15H16ClN3OS2/c1-9(22-15-19-17-8-21-15)14(20)18-13(10-2-3-10)11-4-6-12(16)7-5-11/h4-10,13H,2-3H2,1H3,(H,18,20)/t9-,13-/m1/s1. The molecule has 1 aliphatic rings. The summed E-state index contributed by atoms with van der Waals surface area (Å²) >= 11 is 8.84. The van der Waals surface area contributed by atoms with Crippen LogP contribution in [0.5, 0.6) is 0 Å². The third kappa shape index (κ3) is 4.00. The molecular weight excluding hydrogens is 338 g/mol. The highest BCUT2D eigenvalue weighted by Gasteiger charge is 2.34. The Labute approximate surface area is 142 Å². The Morgan fingerprint density at radius 1 is 1.41 bits per heavy atom. The maximum atomic E-state index is 12.5. The molecule has 22 heavy (non-hydrogen) atoms. The minimum Gasteiger partial charge on any atom is -0.348 e. The van der Waals surface area contributed by atoms with E-state index < -0.39 is 0 Å². The van der Waals surface area contributed by atoms with Crippen molar-refractivity contribution < 1.29 is 4.79 Å². The van der Waals surface area contributed by atoms with Crippen LogP contribution in [0.25, 0.3) is 0 Å². The molecule has 0 radical (unpaired) electrons. The fraction of sp³-hybridized carbons (Fsp3) is 0.400. The van der Waals surface area contributed by atoms with Gasteiger partial charge < -0.3 is 5.32 Å². The van der Waals surface area contributed by atoms with E-state index >= 15 is 0 Å². The van der Waals surface area contributed by atoms with Crippen molar-refractivity contribution in [3.8, 4) is 0 Å². The highest BCUT2D eigenvalue weighted by molar-refractivity contribution is 8.02. The van der Waals surface area contributed by atoms with E-state index in [4.69, 9.17) is 11.6 Å². The number of thioether (sulfide) groups is 1. The van der Waals surface area contributed by atoms with E-state index in [1.165, 1.54) is 23.1 Å². The number of halogens is 1. The van der Waals surface area contributed by atoms with Gasteiger partial charge in [-0.1, -0.05) is 46.8 Å². The number of amides is 1. The third-order valence-corrected chi connectivity index (χ3v) is 5.77. The zero-order valence-electron chi connectivity index (χ0n) is 12.0. The highest BCUT2D eigenvalue weighted by Crippen LogP contribution is 2.41. The molecule has 1 heterocycles. The summed E-state index contributed by atoms with van der Waals surface area (Å²) in [5, 5.41) is 11.5. The summed E-state index contributed by atoms with van der Waals surface area (Å²) in [6.45, 7) is 1.90. The van der Waals surface area contributed by atoms with E-state index in [1.807, 2.05) is 31.2 Å². The van der Waals surface area contributed by atoms with Crippen molar-refractivity contribution >= 4 is 40.6 Å². The van der Waals surface area contributed by atoms with Crippen LogP contribution in [-0.4, -0.2) is 21.4 Å². The Kier molecular flexibility index (Phi) is 5.00. The Morgan fingerprint density at radius 3 is 2.73 bits per heavy atom. The van der Waals surface area contributed by atoms with E-state index in [1.54, 1.807) is 5.51 Å². The summed E-state index contributed by atoms with van der Waals surface area (Å²) in [6.07, 6.45) is 2.32. The van der Waals surface area contributed by atoms with Crippen molar-refractivity contribution in [1.29, 1.82) is 0 Å². The first kappa shape index (κ1) is 15.8. The second-order valence-corrected chi connectivity index (χ2v) is 8.20. The number of aromatic nitrogens is 2. The second kappa shape index (κ2) is 6.98. The lowest BCUT2D eigenvalue weighted by Crippen LogP contribution is -2.35. The number of hydrogen-bond acceptors (Lipinski definition) is 5. The van der Waals surface area contributed by atoms with Gasteiger partial charge in [-0.25, -0.2) is 0 Å². The zero-order valence-corrected chi connectivity index (χ0v) is 14.4. The molecule has 2 aromatic rings. The quantitative estimate of drug-likeness (QED) is 0.799. The van der Waals surface area contributed by atoms with Crippen molar-refractivity contribution in [2.45, 2.75) is 35.4 Å². The number of carbonyl (C=O) groups excluding carboxylic acids is 1. The van der Waals surface area contributed by atoms with Gasteiger partial charge in [-0.3, -0.25) is 4.79 Å². The molecule has 0 saturated heterocycles. The lowest BCUT2D eigenvalue weighted by molar-refractivity contribution is -0.121. The van der Waals surface area contributed by atoms with E-state index in [0.717, 1.165) is 22.7 Å². The molecular formula is C15H16ClN3OS2. The fourth-order valence-corrected chi connectivity index (χ4v) is 4.02. The molecule has 0 spiro atoms. The monoisotopic (exact) mass is 353 g/mol. The second-order valence-electron chi connectivity index (χ2n) is 5.34. The van der Waals surface area contributed by atoms with Gasteiger partial charge in [-0.05, 0) is 43.4 Å². The maximum Gasteiger partial charge on any atom is 0.233 e. The van der Waals surface area contributed by atoms with Crippen molar-refractivity contribution in [2.75, 3.05) is 0 Å². The summed E-state index contributed by atoms with van der Waals surface area (Å²) in [7, 11) is 0. The number of rotatable bonds is 6. The van der Waals surface area contributed by atoms with Crippen LogP contribution in [-0.2, 0) is 4.79 Å². The first-order valence-electron chi connectivity index (χ1n) is 7.12. The minimum atomic E-state index is -0.193. The van der Waals surface area contributed by atoms with Crippen molar-refractivity contribution in [1.82, 2.24) is 15.5 Å². The summed E-state index contributed by atoms with van der Waals surface area (Å²) in [5.41, 5.74) is 2.79. The number of carbonyl (C=O) groups is 1. The minimum absolute atomic E-state index is 0.0343. The summed E-state index contributed by atoms with van der Waals surface area (Å²) in [6, 6.07) is 7.81. The van der Waals surface area contributed by atoms with E-state index in [2.05, 4.69) is 15.5 Å². The Morgan fingerprint density at radius 2 is 2.14 bits per heavy atom. The van der Waals surface area contributed by atoms with Gasteiger partial charge in [0.1, 0.15) is 5.51 Å². The molecule has 1 saturated carbocycles. The Bertz CT molecular complexity index is 629. The lowest BCUT2D eigenvalue weighted by atomic mass is 10.0. The topological polar surface area (TPSA) is 54.9 Å². The van der Waals surface area contributed by atoms with Gasteiger partial charge in [-0.15, -0.1) is 10.2 Å². The molecule has 0 aliphatic heterocycles. The van der Waals surface area contributed by atoms with Crippen LogP contribution in [0.3, 0.4) is 0 Å². The predicted octanol–water partition coefficient (Wildman–Crippen LogP) is 3.94. The first-order valence-corrected chi connectivity index (χ1v) is 9.26. The summed E-state index contributed by atoms with van der Waals surface area (Å²) in [4.78, 5) is 12.5. The largest absolute Gasteiger partial charge is 0.348 e. The van der Waals surface area contributed by atoms with Gasteiger partial charge in [0.15, 0.2) is 4.34 Å². The molecule has 2 atom stereocenters. The van der Waals surface area contributed by atoms with Crippen LogP contribution in [0, 0.1) is 5.92 Å². The van der Waals surface area contributed by atoms with Crippen molar-refractivity contribution in [2.24, 2.45) is 5.92 Å². The molecule has 1 aliphatic carbocycles. The average Bonchev–Trinajstić information content (AvgIpc) is 3.23. The Hall–Kier alpha value is -1.11. The molecule has 3 rings (SSSR count). The molecule has 1 amide bonds. The van der Waals surface area contributed by atoms with Crippen LogP contribution in [0.1, 0.15) is 31.4 Å². The summed E-state index contributed by atoms with van der Waals surface area (Å²) < 4.78 is 0.817. The lowest BCUT2D eigenvalue weighted by Gasteiger charge is -2.21. The molecule has 0 bridgehead atoms. The van der Waals surface area contributed by atoms with Gasteiger partial charge in [0.2, 0.25) is 5.91 Å². The Balaban J connectivity index is 1.65. The van der Waals surface area contributed by atoms with E-state index in [-0.39, 0.29) is 17.2 Å². The number of nitrogens with zero attached hydrogens (tertiary/aromatic N) is 2. The fourth-order valence-electron chi connectivity index (χ4n) is 2.26. The van der Waals surface area contributed by atoms with Crippen LogP contribution in [0.15, 0.2) is 34.1 Å². The number of hydrogen-bond donors (Lipinski definition) is 1. The normalized spacial score (nSPS) is 17.0. The average molecular weight is 354 g/mol. The smallest absolute Gasteiger partial charge is 0.233 e. The van der Waals surface area contributed by atoms with Gasteiger partial charge in [-0.2, -0.15) is 0 Å². The third-order valence-electron chi connectivity index (χ3n) is 3.61. The first-order chi connectivity index (χ1) is 10.6. The van der Waals surface area contributed by atoms with Gasteiger partial charge in [0.25, 0.3) is 0 Å². The highest BCUT2D eigenvalue weighted by atomic mass is 35.5. The molecule has 7 heteroatoms. The number of nitrogens with one attached hydrogen (secondary N) is 1. The van der Waals surface area contributed by atoms with E-state index in [9.17, 15) is 4.79 Å². The molecule has 116 valence electrons. The van der Waals surface area contributed by atoms with Crippen LogP contribution in [0.4, 0.5) is 0 Å². The molecule has 1 fully saturated rings.